The highest BCUT2D eigenvalue weighted by molar-refractivity contribution is 7.47. The Labute approximate surface area is 327 Å². The molecule has 0 amide bonds. The fraction of sp³-hybridized carbons (Fsp3) is 0.977. The van der Waals surface area contributed by atoms with E-state index in [9.17, 15) is 19.4 Å². The van der Waals surface area contributed by atoms with Crippen LogP contribution in [0.25, 0.3) is 0 Å². The first-order valence-corrected chi connectivity index (χ1v) is 24.0. The average Bonchev–Trinajstić information content (AvgIpc) is 3.15. The summed E-state index contributed by atoms with van der Waals surface area (Å²) in [5, 5.41) is 18.3. The molecule has 0 heterocycles. The number of rotatable bonds is 44. The zero-order valence-electron chi connectivity index (χ0n) is 34.8. The highest BCUT2D eigenvalue weighted by atomic mass is 31.2. The van der Waals surface area contributed by atoms with Crippen LogP contribution in [0.3, 0.4) is 0 Å². The Balaban J connectivity index is 4.07. The predicted octanol–water partition coefficient (Wildman–Crippen LogP) is 12.3. The Morgan fingerprint density at radius 2 is 0.849 bits per heavy atom. The first-order chi connectivity index (χ1) is 25.8. The van der Waals surface area contributed by atoms with Gasteiger partial charge >= 0.3 is 13.8 Å². The SMILES string of the molecule is CCCCCCCCCCCCCCCCCCCCCC(=O)OC(COCCCCCCCCCCCCCCC)COP(=O)(O)OCC(O)CO. The van der Waals surface area contributed by atoms with Gasteiger partial charge in [0.05, 0.1) is 26.4 Å². The molecule has 0 saturated carbocycles. The lowest BCUT2D eigenvalue weighted by atomic mass is 10.0. The number of unbranched alkanes of at least 4 members (excludes halogenated alkanes) is 30. The van der Waals surface area contributed by atoms with Crippen molar-refractivity contribution in [2.45, 2.75) is 238 Å². The molecule has 0 aliphatic rings. The maximum atomic E-state index is 12.6. The zero-order chi connectivity index (χ0) is 38.9. The molecule has 0 fully saturated rings. The third kappa shape index (κ3) is 40.9. The minimum Gasteiger partial charge on any atom is -0.457 e. The monoisotopic (exact) mass is 779 g/mol. The topological polar surface area (TPSA) is 132 Å². The molecular formula is C43H87O9P. The minimum atomic E-state index is -4.51. The van der Waals surface area contributed by atoms with E-state index in [0.29, 0.717) is 6.61 Å². The molecule has 53 heavy (non-hydrogen) atoms. The zero-order valence-corrected chi connectivity index (χ0v) is 35.7. The highest BCUT2D eigenvalue weighted by Crippen LogP contribution is 2.43. The average molecular weight is 779 g/mol. The van der Waals surface area contributed by atoms with Crippen LogP contribution in [0.15, 0.2) is 0 Å². The lowest BCUT2D eigenvalue weighted by Crippen LogP contribution is -2.29. The van der Waals surface area contributed by atoms with Crippen LogP contribution in [-0.4, -0.2) is 66.3 Å². The quantitative estimate of drug-likeness (QED) is 0.0314. The van der Waals surface area contributed by atoms with Crippen LogP contribution >= 0.6 is 7.82 Å². The van der Waals surface area contributed by atoms with Gasteiger partial charge in [-0.25, -0.2) is 4.57 Å². The van der Waals surface area contributed by atoms with Gasteiger partial charge in [-0.05, 0) is 12.8 Å². The van der Waals surface area contributed by atoms with E-state index in [4.69, 9.17) is 23.6 Å². The van der Waals surface area contributed by atoms with Crippen LogP contribution < -0.4 is 0 Å². The summed E-state index contributed by atoms with van der Waals surface area (Å²) in [5.41, 5.74) is 0. The van der Waals surface area contributed by atoms with E-state index in [1.54, 1.807) is 0 Å². The van der Waals surface area contributed by atoms with Crippen molar-refractivity contribution in [3.05, 3.63) is 0 Å². The molecule has 9 nitrogen and oxygen atoms in total. The molecule has 10 heteroatoms. The molecule has 0 aliphatic carbocycles. The molecule has 0 aromatic rings. The summed E-state index contributed by atoms with van der Waals surface area (Å²) in [4.78, 5) is 22.6. The van der Waals surface area contributed by atoms with E-state index in [0.717, 1.165) is 32.1 Å². The maximum Gasteiger partial charge on any atom is 0.472 e. The molecule has 0 spiro atoms. The Morgan fingerprint density at radius 1 is 0.509 bits per heavy atom. The molecule has 0 aliphatic heterocycles. The summed E-state index contributed by atoms with van der Waals surface area (Å²) >= 11 is 0. The minimum absolute atomic E-state index is 0.0580. The number of aliphatic hydroxyl groups is 2. The van der Waals surface area contributed by atoms with E-state index in [-0.39, 0.29) is 25.6 Å². The second kappa shape index (κ2) is 41.1. The Kier molecular flexibility index (Phi) is 40.7. The predicted molar refractivity (Wildman–Crippen MR) is 219 cm³/mol. The number of ether oxygens (including phenoxy) is 2. The number of carbonyl (C=O) groups excluding carboxylic acids is 1. The van der Waals surface area contributed by atoms with Gasteiger partial charge in [0.2, 0.25) is 0 Å². The smallest absolute Gasteiger partial charge is 0.457 e. The molecule has 0 aromatic heterocycles. The van der Waals surface area contributed by atoms with Crippen molar-refractivity contribution in [1.82, 2.24) is 0 Å². The van der Waals surface area contributed by atoms with Gasteiger partial charge in [-0.15, -0.1) is 0 Å². The molecule has 3 N–H and O–H groups in total. The molecule has 3 unspecified atom stereocenters. The van der Waals surface area contributed by atoms with Crippen LogP contribution in [0.1, 0.15) is 226 Å². The summed E-state index contributed by atoms with van der Waals surface area (Å²) in [6.07, 6.45) is 39.1. The lowest BCUT2D eigenvalue weighted by molar-refractivity contribution is -0.154. The third-order valence-corrected chi connectivity index (χ3v) is 11.0. The number of carbonyl (C=O) groups is 1. The van der Waals surface area contributed by atoms with Gasteiger partial charge < -0.3 is 24.6 Å². The van der Waals surface area contributed by atoms with Crippen molar-refractivity contribution in [2.24, 2.45) is 0 Å². The van der Waals surface area contributed by atoms with Crippen molar-refractivity contribution in [1.29, 1.82) is 0 Å². The number of aliphatic hydroxyl groups excluding tert-OH is 2. The summed E-state index contributed by atoms with van der Waals surface area (Å²) in [6, 6.07) is 0. The van der Waals surface area contributed by atoms with E-state index < -0.39 is 33.2 Å². The van der Waals surface area contributed by atoms with Gasteiger partial charge in [0.1, 0.15) is 12.2 Å². The summed E-state index contributed by atoms with van der Waals surface area (Å²) in [5.74, 6) is -0.375. The first kappa shape index (κ1) is 52.5. The molecular weight excluding hydrogens is 691 g/mol. The van der Waals surface area contributed by atoms with Crippen LogP contribution in [0, 0.1) is 0 Å². The van der Waals surface area contributed by atoms with E-state index in [1.165, 1.54) is 173 Å². The first-order valence-electron chi connectivity index (χ1n) is 22.5. The summed E-state index contributed by atoms with van der Waals surface area (Å²) < 4.78 is 33.4. The second-order valence-electron chi connectivity index (χ2n) is 15.4. The molecule has 0 aromatic carbocycles. The van der Waals surface area contributed by atoms with Gasteiger partial charge in [0.25, 0.3) is 0 Å². The summed E-state index contributed by atoms with van der Waals surface area (Å²) in [7, 11) is -4.51. The van der Waals surface area contributed by atoms with Crippen molar-refractivity contribution >= 4 is 13.8 Å². The molecule has 3 atom stereocenters. The van der Waals surface area contributed by atoms with Crippen molar-refractivity contribution in [3.63, 3.8) is 0 Å². The van der Waals surface area contributed by atoms with E-state index in [2.05, 4.69) is 13.8 Å². The van der Waals surface area contributed by atoms with Crippen molar-refractivity contribution in [2.75, 3.05) is 33.0 Å². The maximum absolute atomic E-state index is 12.6. The number of phosphoric ester groups is 1. The fourth-order valence-electron chi connectivity index (χ4n) is 6.59. The molecule has 0 radical (unpaired) electrons. The Hall–Kier alpha value is -0.540. The van der Waals surface area contributed by atoms with Crippen molar-refractivity contribution in [3.8, 4) is 0 Å². The number of esters is 1. The molecule has 0 saturated heterocycles. The van der Waals surface area contributed by atoms with Gasteiger partial charge in [-0.3, -0.25) is 13.8 Å². The Morgan fingerprint density at radius 3 is 1.23 bits per heavy atom. The van der Waals surface area contributed by atoms with Crippen LogP contribution in [0.5, 0.6) is 0 Å². The van der Waals surface area contributed by atoms with E-state index in [1.807, 2.05) is 0 Å². The number of hydrogen-bond donors (Lipinski definition) is 3. The largest absolute Gasteiger partial charge is 0.472 e. The second-order valence-corrected chi connectivity index (χ2v) is 16.9. The molecule has 0 bridgehead atoms. The molecule has 318 valence electrons. The number of hydrogen-bond acceptors (Lipinski definition) is 8. The molecule has 0 rings (SSSR count). The van der Waals surface area contributed by atoms with Gasteiger partial charge in [0, 0.05) is 13.0 Å². The van der Waals surface area contributed by atoms with Gasteiger partial charge in [-0.2, -0.15) is 0 Å². The van der Waals surface area contributed by atoms with Gasteiger partial charge in [-0.1, -0.05) is 206 Å². The fourth-order valence-corrected chi connectivity index (χ4v) is 7.38. The normalized spacial score (nSPS) is 14.0. The van der Waals surface area contributed by atoms with Crippen LogP contribution in [-0.2, 0) is 27.9 Å². The van der Waals surface area contributed by atoms with Gasteiger partial charge in [0.15, 0.2) is 0 Å². The standard InChI is InChI=1S/C43H87O9P/c1-3-5-7-9-11-13-15-17-18-19-20-21-22-23-25-27-29-31-33-35-43(46)52-42(40-51-53(47,48)50-38-41(45)37-44)39-49-36-34-32-30-28-26-24-16-14-12-10-8-6-4-2/h41-42,44-45H,3-40H2,1-2H3,(H,47,48). The summed E-state index contributed by atoms with van der Waals surface area (Å²) in [6.45, 7) is 3.58. The highest BCUT2D eigenvalue weighted by Gasteiger charge is 2.26. The van der Waals surface area contributed by atoms with Crippen molar-refractivity contribution < 1.29 is 43.0 Å². The number of phosphoric acid groups is 1. The lowest BCUT2D eigenvalue weighted by Gasteiger charge is -2.20. The Bertz CT molecular complexity index is 800. The third-order valence-electron chi connectivity index (χ3n) is 10.0. The van der Waals surface area contributed by atoms with E-state index >= 15 is 0 Å². The van der Waals surface area contributed by atoms with Crippen LogP contribution in [0.2, 0.25) is 0 Å². The van der Waals surface area contributed by atoms with Crippen LogP contribution in [0.4, 0.5) is 0 Å².